The van der Waals surface area contributed by atoms with E-state index in [0.29, 0.717) is 0 Å². The topological polar surface area (TPSA) is 29.3 Å². The van der Waals surface area contributed by atoms with Crippen molar-refractivity contribution in [2.45, 2.75) is 105 Å². The quantitative estimate of drug-likeness (QED) is 0.299. The number of hydrogen-bond donors (Lipinski definition) is 1. The lowest BCUT2D eigenvalue weighted by Crippen LogP contribution is -2.35. The highest BCUT2D eigenvalue weighted by Gasteiger charge is 2.16. The Hall–Kier alpha value is -0.0800. The summed E-state index contributed by atoms with van der Waals surface area (Å²) in [7, 11) is 0. The van der Waals surface area contributed by atoms with E-state index in [9.17, 15) is 0 Å². The second-order valence-electron chi connectivity index (χ2n) is 7.80. The molecule has 2 atom stereocenters. The summed E-state index contributed by atoms with van der Waals surface area (Å²) in [6.45, 7) is 14.2. The molecule has 0 aromatic rings. The Bertz CT molecular complexity index is 224. The van der Waals surface area contributed by atoms with Crippen molar-refractivity contribution in [3.05, 3.63) is 0 Å². The summed E-state index contributed by atoms with van der Waals surface area (Å²) in [5.74, 6) is 1.80. The molecule has 0 radical (unpaired) electrons. The average molecular weight is 341 g/mol. The van der Waals surface area contributed by atoms with E-state index in [2.05, 4.69) is 32.6 Å². The molecule has 0 saturated carbocycles. The van der Waals surface area contributed by atoms with E-state index in [-0.39, 0.29) is 0 Å². The van der Waals surface area contributed by atoms with Crippen LogP contribution in [0.2, 0.25) is 0 Å². The molecule has 0 aromatic heterocycles. The van der Waals surface area contributed by atoms with Crippen molar-refractivity contribution in [2.75, 3.05) is 26.2 Å². The van der Waals surface area contributed by atoms with Crippen LogP contribution >= 0.6 is 0 Å². The molecule has 0 spiro atoms. The Balaban J connectivity index is 4.43. The van der Waals surface area contributed by atoms with Gasteiger partial charge in [-0.1, -0.05) is 79.1 Å². The van der Waals surface area contributed by atoms with Crippen LogP contribution in [-0.2, 0) is 0 Å². The molecular weight excluding hydrogens is 292 g/mol. The van der Waals surface area contributed by atoms with Crippen molar-refractivity contribution in [1.82, 2.24) is 4.90 Å². The molecule has 0 bridgehead atoms. The van der Waals surface area contributed by atoms with Crippen LogP contribution in [0.5, 0.6) is 0 Å². The van der Waals surface area contributed by atoms with Gasteiger partial charge in [-0.3, -0.25) is 0 Å². The number of nitrogens with zero attached hydrogens (tertiary/aromatic N) is 1. The minimum Gasteiger partial charge on any atom is -0.330 e. The standard InChI is InChI=1S/C22H48N2/c1-5-9-15-21(7-3)19-24(18-14-12-11-13-17-23)20-22(8-4)16-10-6-2/h21-22H,5-20,23H2,1-4H3. The van der Waals surface area contributed by atoms with Gasteiger partial charge in [-0.15, -0.1) is 0 Å². The van der Waals surface area contributed by atoms with Crippen LogP contribution in [0.4, 0.5) is 0 Å². The molecule has 0 rings (SSSR count). The zero-order valence-electron chi connectivity index (χ0n) is 17.5. The predicted molar refractivity (Wildman–Crippen MR) is 111 cm³/mol. The molecule has 0 aliphatic heterocycles. The van der Waals surface area contributed by atoms with Gasteiger partial charge in [-0.25, -0.2) is 0 Å². The van der Waals surface area contributed by atoms with E-state index < -0.39 is 0 Å². The summed E-state index contributed by atoms with van der Waals surface area (Å²) in [5, 5.41) is 0. The van der Waals surface area contributed by atoms with E-state index in [0.717, 1.165) is 18.4 Å². The number of unbranched alkanes of at least 4 members (excludes halogenated alkanes) is 5. The predicted octanol–water partition coefficient (Wildman–Crippen LogP) is 6.24. The fourth-order valence-corrected chi connectivity index (χ4v) is 3.66. The molecule has 2 heteroatoms. The van der Waals surface area contributed by atoms with E-state index in [1.165, 1.54) is 96.7 Å². The molecule has 2 nitrogen and oxygen atoms in total. The highest BCUT2D eigenvalue weighted by atomic mass is 15.1. The number of nitrogens with two attached hydrogens (primary N) is 1. The maximum Gasteiger partial charge on any atom is 0.000967 e. The largest absolute Gasteiger partial charge is 0.330 e. The highest BCUT2D eigenvalue weighted by molar-refractivity contribution is 4.70. The Kier molecular flexibility index (Phi) is 17.7. The fourth-order valence-electron chi connectivity index (χ4n) is 3.66. The number of hydrogen-bond acceptors (Lipinski definition) is 2. The first-order valence-electron chi connectivity index (χ1n) is 11.1. The second-order valence-corrected chi connectivity index (χ2v) is 7.80. The first-order valence-corrected chi connectivity index (χ1v) is 11.1. The summed E-state index contributed by atoms with van der Waals surface area (Å²) in [6.07, 6.45) is 16.2. The summed E-state index contributed by atoms with van der Waals surface area (Å²) in [5.41, 5.74) is 5.62. The maximum absolute atomic E-state index is 5.62. The van der Waals surface area contributed by atoms with E-state index in [4.69, 9.17) is 5.73 Å². The van der Waals surface area contributed by atoms with Crippen LogP contribution in [0.15, 0.2) is 0 Å². The molecule has 0 heterocycles. The molecule has 0 fully saturated rings. The van der Waals surface area contributed by atoms with Gasteiger partial charge in [0.2, 0.25) is 0 Å². The van der Waals surface area contributed by atoms with Gasteiger partial charge in [0, 0.05) is 13.1 Å². The third-order valence-electron chi connectivity index (χ3n) is 5.55. The summed E-state index contributed by atoms with van der Waals surface area (Å²) < 4.78 is 0. The van der Waals surface area contributed by atoms with Crippen LogP contribution in [0.25, 0.3) is 0 Å². The van der Waals surface area contributed by atoms with E-state index in [1.807, 2.05) is 0 Å². The zero-order chi connectivity index (χ0) is 18.0. The van der Waals surface area contributed by atoms with Gasteiger partial charge in [-0.05, 0) is 50.6 Å². The third kappa shape index (κ3) is 13.2. The van der Waals surface area contributed by atoms with Gasteiger partial charge >= 0.3 is 0 Å². The molecule has 0 amide bonds. The molecule has 0 saturated heterocycles. The van der Waals surface area contributed by atoms with Gasteiger partial charge < -0.3 is 10.6 Å². The summed E-state index contributed by atoms with van der Waals surface area (Å²) in [4.78, 5) is 2.82. The van der Waals surface area contributed by atoms with Gasteiger partial charge in [-0.2, -0.15) is 0 Å². The van der Waals surface area contributed by atoms with Crippen LogP contribution in [0.1, 0.15) is 105 Å². The second kappa shape index (κ2) is 17.7. The maximum atomic E-state index is 5.62. The lowest BCUT2D eigenvalue weighted by atomic mass is 9.95. The van der Waals surface area contributed by atoms with Gasteiger partial charge in [0.25, 0.3) is 0 Å². The van der Waals surface area contributed by atoms with Gasteiger partial charge in [0.1, 0.15) is 0 Å². The van der Waals surface area contributed by atoms with E-state index >= 15 is 0 Å². The molecule has 24 heavy (non-hydrogen) atoms. The molecule has 0 aliphatic carbocycles. The molecule has 0 aliphatic rings. The Morgan fingerprint density at radius 2 is 1.17 bits per heavy atom. The van der Waals surface area contributed by atoms with E-state index in [1.54, 1.807) is 0 Å². The molecular formula is C22H48N2. The first kappa shape index (κ1) is 23.9. The molecule has 0 aromatic carbocycles. The smallest absolute Gasteiger partial charge is 0.000967 e. The normalized spacial score (nSPS) is 14.2. The highest BCUT2D eigenvalue weighted by Crippen LogP contribution is 2.19. The Morgan fingerprint density at radius 3 is 1.58 bits per heavy atom. The molecule has 146 valence electrons. The third-order valence-corrected chi connectivity index (χ3v) is 5.55. The van der Waals surface area contributed by atoms with Gasteiger partial charge in [0.15, 0.2) is 0 Å². The first-order chi connectivity index (χ1) is 11.7. The molecule has 2 unspecified atom stereocenters. The Morgan fingerprint density at radius 1 is 0.667 bits per heavy atom. The SMILES string of the molecule is CCCCC(CC)CN(CCCCCCN)CC(CC)CCCC. The fraction of sp³-hybridized carbons (Fsp3) is 1.00. The van der Waals surface area contributed by atoms with Crippen LogP contribution < -0.4 is 5.73 Å². The van der Waals surface area contributed by atoms with Crippen molar-refractivity contribution in [1.29, 1.82) is 0 Å². The number of rotatable bonds is 18. The summed E-state index contributed by atoms with van der Waals surface area (Å²) in [6, 6.07) is 0. The lowest BCUT2D eigenvalue weighted by Gasteiger charge is -2.30. The minimum atomic E-state index is 0.855. The zero-order valence-corrected chi connectivity index (χ0v) is 17.5. The lowest BCUT2D eigenvalue weighted by molar-refractivity contribution is 0.178. The average Bonchev–Trinajstić information content (AvgIpc) is 2.61. The van der Waals surface area contributed by atoms with Crippen molar-refractivity contribution < 1.29 is 0 Å². The van der Waals surface area contributed by atoms with Crippen molar-refractivity contribution >= 4 is 0 Å². The summed E-state index contributed by atoms with van der Waals surface area (Å²) >= 11 is 0. The monoisotopic (exact) mass is 340 g/mol. The van der Waals surface area contributed by atoms with Crippen molar-refractivity contribution in [3.63, 3.8) is 0 Å². The van der Waals surface area contributed by atoms with Crippen LogP contribution in [0.3, 0.4) is 0 Å². The van der Waals surface area contributed by atoms with Gasteiger partial charge in [0.05, 0.1) is 0 Å². The van der Waals surface area contributed by atoms with Crippen LogP contribution in [-0.4, -0.2) is 31.1 Å². The van der Waals surface area contributed by atoms with Crippen molar-refractivity contribution in [2.24, 2.45) is 17.6 Å². The minimum absolute atomic E-state index is 0.855. The van der Waals surface area contributed by atoms with Crippen molar-refractivity contribution in [3.8, 4) is 0 Å². The Labute approximate surface area is 154 Å². The van der Waals surface area contributed by atoms with Crippen LogP contribution in [0, 0.1) is 11.8 Å². The molecule has 2 N–H and O–H groups in total.